The maximum atomic E-state index is 12.0. The Labute approximate surface area is 110 Å². The zero-order valence-corrected chi connectivity index (χ0v) is 11.1. The van der Waals surface area contributed by atoms with Crippen LogP contribution in [0.1, 0.15) is 23.0 Å². The van der Waals surface area contributed by atoms with Crippen molar-refractivity contribution in [2.24, 2.45) is 0 Å². The fourth-order valence-electron chi connectivity index (χ4n) is 1.62. The summed E-state index contributed by atoms with van der Waals surface area (Å²) in [6, 6.07) is 10.1. The van der Waals surface area contributed by atoms with Gasteiger partial charge in [0.1, 0.15) is 0 Å². The molecule has 1 aromatic heterocycles. The van der Waals surface area contributed by atoms with Crippen molar-refractivity contribution >= 4 is 38.9 Å². The largest absolute Gasteiger partial charge is 0.349 e. The Morgan fingerprint density at radius 3 is 2.94 bits per heavy atom. The van der Waals surface area contributed by atoms with E-state index in [1.165, 1.54) is 11.3 Å². The third kappa shape index (κ3) is 2.99. The molecule has 0 spiro atoms. The Hall–Kier alpha value is -1.06. The maximum absolute atomic E-state index is 12.0. The molecule has 0 aliphatic heterocycles. The lowest BCUT2D eigenvalue weighted by atomic mass is 10.2. The molecular formula is C13H14ClNOS. The number of hydrogen-bond acceptors (Lipinski definition) is 2. The Balaban J connectivity index is 2.13. The molecule has 0 saturated carbocycles. The maximum Gasteiger partial charge on any atom is 0.261 e. The van der Waals surface area contributed by atoms with Crippen LogP contribution in [0.5, 0.6) is 0 Å². The van der Waals surface area contributed by atoms with E-state index in [0.29, 0.717) is 5.88 Å². The number of carbonyl (C=O) groups is 1. The molecule has 0 bridgehead atoms. The topological polar surface area (TPSA) is 29.1 Å². The standard InChI is InChI=1S/C13H14ClNOS/c1-9(6-7-14)15-13(16)12-8-10-4-2-3-5-11(10)17-12/h2-5,8-9H,6-7H2,1H3,(H,15,16). The quantitative estimate of drug-likeness (QED) is 0.842. The van der Waals surface area contributed by atoms with Gasteiger partial charge in [0.25, 0.3) is 5.91 Å². The van der Waals surface area contributed by atoms with Gasteiger partial charge in [-0.3, -0.25) is 4.79 Å². The molecule has 1 atom stereocenters. The van der Waals surface area contributed by atoms with Crippen molar-refractivity contribution in [3.8, 4) is 0 Å². The van der Waals surface area contributed by atoms with Crippen molar-refractivity contribution in [2.45, 2.75) is 19.4 Å². The molecule has 2 nitrogen and oxygen atoms in total. The molecule has 1 N–H and O–H groups in total. The number of halogens is 1. The lowest BCUT2D eigenvalue weighted by Crippen LogP contribution is -2.32. The van der Waals surface area contributed by atoms with Gasteiger partial charge in [-0.1, -0.05) is 18.2 Å². The lowest BCUT2D eigenvalue weighted by Gasteiger charge is -2.10. The first-order chi connectivity index (χ1) is 8.20. The van der Waals surface area contributed by atoms with Crippen LogP contribution in [-0.4, -0.2) is 17.8 Å². The molecule has 4 heteroatoms. The summed E-state index contributed by atoms with van der Waals surface area (Å²) in [4.78, 5) is 12.7. The van der Waals surface area contributed by atoms with Crippen LogP contribution in [0.4, 0.5) is 0 Å². The molecule has 17 heavy (non-hydrogen) atoms. The van der Waals surface area contributed by atoms with Gasteiger partial charge in [0.15, 0.2) is 0 Å². The molecule has 1 aromatic carbocycles. The van der Waals surface area contributed by atoms with Crippen molar-refractivity contribution in [2.75, 3.05) is 5.88 Å². The van der Waals surface area contributed by atoms with Crippen LogP contribution in [0, 0.1) is 0 Å². The third-order valence-electron chi connectivity index (χ3n) is 2.57. The third-order valence-corrected chi connectivity index (χ3v) is 3.90. The molecule has 0 aliphatic carbocycles. The van der Waals surface area contributed by atoms with E-state index in [1.54, 1.807) is 0 Å². The molecule has 0 aliphatic rings. The van der Waals surface area contributed by atoms with Crippen LogP contribution < -0.4 is 5.32 Å². The second-order valence-electron chi connectivity index (χ2n) is 4.00. The van der Waals surface area contributed by atoms with E-state index in [0.717, 1.165) is 21.4 Å². The number of hydrogen-bond donors (Lipinski definition) is 1. The van der Waals surface area contributed by atoms with Crippen LogP contribution in [0.2, 0.25) is 0 Å². The fourth-order valence-corrected chi connectivity index (χ4v) is 2.92. The highest BCUT2D eigenvalue weighted by atomic mass is 35.5. The Bertz CT molecular complexity index is 490. The van der Waals surface area contributed by atoms with Gasteiger partial charge in [0.05, 0.1) is 4.88 Å². The monoisotopic (exact) mass is 267 g/mol. The van der Waals surface area contributed by atoms with Gasteiger partial charge in [0, 0.05) is 16.6 Å². The van der Waals surface area contributed by atoms with Gasteiger partial charge in [-0.05, 0) is 30.9 Å². The minimum absolute atomic E-state index is 0.0104. The SMILES string of the molecule is CC(CCCl)NC(=O)c1cc2ccccc2s1. The predicted molar refractivity (Wildman–Crippen MR) is 74.1 cm³/mol. The van der Waals surface area contributed by atoms with E-state index in [4.69, 9.17) is 11.6 Å². The predicted octanol–water partition coefficient (Wildman–Crippen LogP) is 3.65. The molecule has 1 unspecified atom stereocenters. The zero-order valence-electron chi connectivity index (χ0n) is 9.57. The van der Waals surface area contributed by atoms with Gasteiger partial charge < -0.3 is 5.32 Å². The first-order valence-electron chi connectivity index (χ1n) is 5.56. The minimum Gasteiger partial charge on any atom is -0.349 e. The van der Waals surface area contributed by atoms with Crippen molar-refractivity contribution < 1.29 is 4.79 Å². The molecule has 2 rings (SSSR count). The van der Waals surface area contributed by atoms with Crippen molar-refractivity contribution in [1.82, 2.24) is 5.32 Å². The molecule has 0 saturated heterocycles. The zero-order chi connectivity index (χ0) is 12.3. The highest BCUT2D eigenvalue weighted by Gasteiger charge is 2.12. The highest BCUT2D eigenvalue weighted by Crippen LogP contribution is 2.25. The summed E-state index contributed by atoms with van der Waals surface area (Å²) in [5, 5.41) is 4.06. The van der Waals surface area contributed by atoms with Gasteiger partial charge in [-0.15, -0.1) is 22.9 Å². The van der Waals surface area contributed by atoms with E-state index in [9.17, 15) is 4.79 Å². The number of rotatable bonds is 4. The minimum atomic E-state index is -0.0104. The second-order valence-corrected chi connectivity index (χ2v) is 5.46. The van der Waals surface area contributed by atoms with Crippen molar-refractivity contribution in [3.05, 3.63) is 35.2 Å². The summed E-state index contributed by atoms with van der Waals surface area (Å²) in [6.07, 6.45) is 0.790. The van der Waals surface area contributed by atoms with Crippen molar-refractivity contribution in [3.63, 3.8) is 0 Å². The number of benzene rings is 1. The lowest BCUT2D eigenvalue weighted by molar-refractivity contribution is 0.0943. The first kappa shape index (κ1) is 12.4. The van der Waals surface area contributed by atoms with Crippen LogP contribution in [-0.2, 0) is 0 Å². The fraction of sp³-hybridized carbons (Fsp3) is 0.308. The Morgan fingerprint density at radius 2 is 2.24 bits per heavy atom. The first-order valence-corrected chi connectivity index (χ1v) is 6.91. The number of amides is 1. The Morgan fingerprint density at radius 1 is 1.47 bits per heavy atom. The summed E-state index contributed by atoms with van der Waals surface area (Å²) in [7, 11) is 0. The summed E-state index contributed by atoms with van der Waals surface area (Å²) >= 11 is 7.16. The van der Waals surface area contributed by atoms with Gasteiger partial charge in [0.2, 0.25) is 0 Å². The van der Waals surface area contributed by atoms with E-state index in [2.05, 4.69) is 5.32 Å². The van der Waals surface area contributed by atoms with Crippen LogP contribution >= 0.6 is 22.9 Å². The summed E-state index contributed by atoms with van der Waals surface area (Å²) in [5.74, 6) is 0.553. The van der Waals surface area contributed by atoms with Gasteiger partial charge in [-0.25, -0.2) is 0 Å². The Kier molecular flexibility index (Phi) is 4.02. The number of alkyl halides is 1. The highest BCUT2D eigenvalue weighted by molar-refractivity contribution is 7.20. The van der Waals surface area contributed by atoms with E-state index >= 15 is 0 Å². The van der Waals surface area contributed by atoms with Crippen LogP contribution in [0.3, 0.4) is 0 Å². The summed E-state index contributed by atoms with van der Waals surface area (Å²) < 4.78 is 1.14. The van der Waals surface area contributed by atoms with E-state index < -0.39 is 0 Å². The van der Waals surface area contributed by atoms with Crippen LogP contribution in [0.15, 0.2) is 30.3 Å². The number of nitrogens with one attached hydrogen (secondary N) is 1. The smallest absolute Gasteiger partial charge is 0.261 e. The number of carbonyl (C=O) groups excluding carboxylic acids is 1. The molecule has 0 fully saturated rings. The number of thiophene rings is 1. The molecule has 1 amide bonds. The average Bonchev–Trinajstić information content (AvgIpc) is 2.72. The molecule has 90 valence electrons. The second kappa shape index (κ2) is 5.52. The number of fused-ring (bicyclic) bond motifs is 1. The van der Waals surface area contributed by atoms with Crippen LogP contribution in [0.25, 0.3) is 10.1 Å². The molecule has 1 heterocycles. The van der Waals surface area contributed by atoms with Gasteiger partial charge >= 0.3 is 0 Å². The van der Waals surface area contributed by atoms with E-state index in [-0.39, 0.29) is 11.9 Å². The molecular weight excluding hydrogens is 254 g/mol. The van der Waals surface area contributed by atoms with E-state index in [1.807, 2.05) is 37.3 Å². The summed E-state index contributed by atoms with van der Waals surface area (Å²) in [6.45, 7) is 1.97. The molecule has 2 aromatic rings. The normalized spacial score (nSPS) is 12.6. The molecule has 0 radical (unpaired) electrons. The van der Waals surface area contributed by atoms with Gasteiger partial charge in [-0.2, -0.15) is 0 Å². The summed E-state index contributed by atoms with van der Waals surface area (Å²) in [5.41, 5.74) is 0. The average molecular weight is 268 g/mol. The van der Waals surface area contributed by atoms with Crippen molar-refractivity contribution in [1.29, 1.82) is 0 Å².